The fourth-order valence-electron chi connectivity index (χ4n) is 6.14. The summed E-state index contributed by atoms with van der Waals surface area (Å²) in [7, 11) is 1.52. The molecule has 0 radical (unpaired) electrons. The van der Waals surface area contributed by atoms with Crippen LogP contribution in [0.1, 0.15) is 38.1 Å². The number of nitrogens with one attached hydrogen (secondary N) is 1. The summed E-state index contributed by atoms with van der Waals surface area (Å²) in [5, 5.41) is 14.0. The molecular weight excluding hydrogens is 566 g/mol. The van der Waals surface area contributed by atoms with Gasteiger partial charge < -0.3 is 20.2 Å². The summed E-state index contributed by atoms with van der Waals surface area (Å²) in [6.45, 7) is 8.10. The van der Waals surface area contributed by atoms with E-state index in [1.807, 2.05) is 25.7 Å². The van der Waals surface area contributed by atoms with E-state index in [2.05, 4.69) is 15.3 Å². The molecule has 0 spiro atoms. The second-order valence-corrected chi connectivity index (χ2v) is 11.5. The van der Waals surface area contributed by atoms with Gasteiger partial charge in [-0.25, -0.2) is 18.7 Å². The van der Waals surface area contributed by atoms with E-state index >= 15 is 8.78 Å². The fourth-order valence-corrected chi connectivity index (χ4v) is 6.42. The third-order valence-corrected chi connectivity index (χ3v) is 8.39. The highest BCUT2D eigenvalue weighted by Crippen LogP contribution is 2.47. The predicted octanol–water partition coefficient (Wildman–Crippen LogP) is 4.66. The first-order valence-corrected chi connectivity index (χ1v) is 14.0. The molecule has 218 valence electrons. The summed E-state index contributed by atoms with van der Waals surface area (Å²) in [5.74, 6) is -2.87. The van der Waals surface area contributed by atoms with Gasteiger partial charge in [-0.3, -0.25) is 14.2 Å². The molecule has 4 aromatic rings. The van der Waals surface area contributed by atoms with Gasteiger partial charge in [0, 0.05) is 37.1 Å². The maximum absolute atomic E-state index is 17.1. The number of halogens is 3. The average molecular weight is 595 g/mol. The average Bonchev–Trinajstić information content (AvgIpc) is 2.93. The van der Waals surface area contributed by atoms with Crippen LogP contribution in [0.4, 0.5) is 20.2 Å². The van der Waals surface area contributed by atoms with Crippen LogP contribution in [0.25, 0.3) is 27.7 Å². The van der Waals surface area contributed by atoms with E-state index in [1.54, 1.807) is 6.92 Å². The van der Waals surface area contributed by atoms with Crippen molar-refractivity contribution in [3.8, 4) is 22.6 Å². The Morgan fingerprint density at radius 3 is 2.55 bits per heavy atom. The molecule has 42 heavy (non-hydrogen) atoms. The Bertz CT molecular complexity index is 1840. The molecule has 1 amide bonds. The molecule has 2 N–H and O–H groups in total. The minimum absolute atomic E-state index is 0.0324. The molecule has 0 bridgehead atoms. The summed E-state index contributed by atoms with van der Waals surface area (Å²) in [5.41, 5.74) is -0.106. The van der Waals surface area contributed by atoms with E-state index in [9.17, 15) is 14.7 Å². The first-order chi connectivity index (χ1) is 19.9. The summed E-state index contributed by atoms with van der Waals surface area (Å²) < 4.78 is 33.4. The summed E-state index contributed by atoms with van der Waals surface area (Å²) >= 11 is 6.71. The van der Waals surface area contributed by atoms with Crippen LogP contribution in [0.2, 0.25) is 5.02 Å². The zero-order chi connectivity index (χ0) is 30.2. The van der Waals surface area contributed by atoms with Crippen molar-refractivity contribution in [2.45, 2.75) is 45.7 Å². The van der Waals surface area contributed by atoms with Gasteiger partial charge in [-0.2, -0.15) is 0 Å². The van der Waals surface area contributed by atoms with Crippen LogP contribution in [0, 0.1) is 18.6 Å². The van der Waals surface area contributed by atoms with Crippen molar-refractivity contribution in [3.63, 3.8) is 0 Å². The van der Waals surface area contributed by atoms with Crippen molar-refractivity contribution in [2.75, 3.05) is 29.9 Å². The molecule has 0 unspecified atom stereocenters. The van der Waals surface area contributed by atoms with Crippen molar-refractivity contribution in [1.82, 2.24) is 19.9 Å². The maximum atomic E-state index is 17.1. The van der Waals surface area contributed by atoms with Crippen molar-refractivity contribution in [2.24, 2.45) is 0 Å². The van der Waals surface area contributed by atoms with Crippen LogP contribution in [0.5, 0.6) is 5.75 Å². The first-order valence-electron chi connectivity index (χ1n) is 13.6. The molecule has 2 aromatic heterocycles. The number of rotatable bonds is 3. The standard InChI is InChI=1S/C30H29ClF2N6O3/c1-13(2)24-25(15(4)35-12-36-24)39-26-16(9-17(31)21(23(26)33)22-18(32)7-6-8-20(22)40)27-28(30(39)42)37(5)29(41)19-10-34-14(3)11-38(19)27/h6-9,12-14,19,34,40H,10-11H2,1-5H3/t14-,19-/m1/s1. The summed E-state index contributed by atoms with van der Waals surface area (Å²) in [4.78, 5) is 40.0. The number of amides is 1. The molecular formula is C30H29ClF2N6O3. The number of aryl methyl sites for hydroxylation is 1. The van der Waals surface area contributed by atoms with Gasteiger partial charge in [0.1, 0.15) is 29.6 Å². The predicted molar refractivity (Wildman–Crippen MR) is 158 cm³/mol. The second-order valence-electron chi connectivity index (χ2n) is 11.1. The second kappa shape index (κ2) is 10.0. The van der Waals surface area contributed by atoms with Crippen LogP contribution in [0.15, 0.2) is 35.4 Å². The number of aromatic hydroxyl groups is 1. The van der Waals surface area contributed by atoms with Crippen LogP contribution in [-0.4, -0.2) is 57.8 Å². The number of carbonyl (C=O) groups is 1. The van der Waals surface area contributed by atoms with Crippen molar-refractivity contribution >= 4 is 39.8 Å². The number of likely N-dealkylation sites (N-methyl/N-ethyl adjacent to an activating group) is 1. The van der Waals surface area contributed by atoms with Gasteiger partial charge in [0.15, 0.2) is 5.82 Å². The van der Waals surface area contributed by atoms with Gasteiger partial charge in [-0.1, -0.05) is 31.5 Å². The lowest BCUT2D eigenvalue weighted by molar-refractivity contribution is -0.120. The Hall–Kier alpha value is -4.09. The molecule has 0 saturated carbocycles. The molecule has 1 saturated heterocycles. The number of nitrogens with zero attached hydrogens (tertiary/aromatic N) is 5. The molecule has 0 aliphatic carbocycles. The lowest BCUT2D eigenvalue weighted by Gasteiger charge is -2.46. The molecule has 2 atom stereocenters. The minimum atomic E-state index is -1.00. The van der Waals surface area contributed by atoms with E-state index in [4.69, 9.17) is 11.6 Å². The SMILES string of the molecule is Cc1ncnc(C(C)C)c1-n1c(=O)c2c(c3cc(Cl)c(-c4c(O)cccc4F)c(F)c31)N1C[C@@H](C)NC[C@@H]1C(=O)N2C. The van der Waals surface area contributed by atoms with Crippen LogP contribution in [0.3, 0.4) is 0 Å². The lowest BCUT2D eigenvalue weighted by atomic mass is 9.96. The number of phenols is 1. The number of piperazine rings is 1. The van der Waals surface area contributed by atoms with E-state index in [0.717, 1.165) is 6.07 Å². The van der Waals surface area contributed by atoms with Crippen LogP contribution < -0.4 is 20.7 Å². The van der Waals surface area contributed by atoms with E-state index in [-0.39, 0.29) is 50.7 Å². The van der Waals surface area contributed by atoms with E-state index < -0.39 is 34.5 Å². The van der Waals surface area contributed by atoms with Crippen LogP contribution >= 0.6 is 11.6 Å². The van der Waals surface area contributed by atoms with E-state index in [0.29, 0.717) is 30.2 Å². The lowest BCUT2D eigenvalue weighted by Crippen LogP contribution is -2.64. The van der Waals surface area contributed by atoms with Gasteiger partial charge in [-0.15, -0.1) is 0 Å². The van der Waals surface area contributed by atoms with Crippen molar-refractivity contribution < 1.29 is 18.7 Å². The molecule has 12 heteroatoms. The third-order valence-electron chi connectivity index (χ3n) is 8.09. The Kier molecular flexibility index (Phi) is 6.69. The molecule has 2 aliphatic heterocycles. The summed E-state index contributed by atoms with van der Waals surface area (Å²) in [6, 6.07) is 4.42. The smallest absolute Gasteiger partial charge is 0.281 e. The zero-order valence-corrected chi connectivity index (χ0v) is 24.4. The molecule has 6 rings (SSSR count). The zero-order valence-electron chi connectivity index (χ0n) is 23.7. The number of hydrogen-bond donors (Lipinski definition) is 2. The Morgan fingerprint density at radius 2 is 1.86 bits per heavy atom. The Morgan fingerprint density at radius 1 is 1.12 bits per heavy atom. The topological polar surface area (TPSA) is 104 Å². The fraction of sp³-hybridized carbons (Fsp3) is 0.333. The normalized spacial score (nSPS) is 18.5. The van der Waals surface area contributed by atoms with Gasteiger partial charge >= 0.3 is 0 Å². The third kappa shape index (κ3) is 3.98. The van der Waals surface area contributed by atoms with Gasteiger partial charge in [0.2, 0.25) is 0 Å². The first kappa shape index (κ1) is 28.0. The molecule has 4 heterocycles. The van der Waals surface area contributed by atoms with Gasteiger partial charge in [-0.05, 0) is 38.0 Å². The van der Waals surface area contributed by atoms with Crippen LogP contribution in [-0.2, 0) is 4.79 Å². The number of fused-ring (bicyclic) bond motifs is 5. The van der Waals surface area contributed by atoms with Crippen molar-refractivity contribution in [3.05, 3.63) is 69.0 Å². The largest absolute Gasteiger partial charge is 0.507 e. The number of anilines is 2. The Labute approximate surface area is 245 Å². The Balaban J connectivity index is 1.86. The molecule has 2 aromatic carbocycles. The minimum Gasteiger partial charge on any atom is -0.507 e. The molecule has 2 aliphatic rings. The highest BCUT2D eigenvalue weighted by atomic mass is 35.5. The van der Waals surface area contributed by atoms with Crippen molar-refractivity contribution in [1.29, 1.82) is 0 Å². The highest BCUT2D eigenvalue weighted by Gasteiger charge is 2.43. The highest BCUT2D eigenvalue weighted by molar-refractivity contribution is 6.35. The molecule has 9 nitrogen and oxygen atoms in total. The number of benzene rings is 2. The quantitative estimate of drug-likeness (QED) is 0.356. The molecule has 1 fully saturated rings. The number of pyridine rings is 1. The number of aromatic nitrogens is 3. The summed E-state index contributed by atoms with van der Waals surface area (Å²) in [6.07, 6.45) is 1.37. The van der Waals surface area contributed by atoms with Gasteiger partial charge in [0.05, 0.1) is 38.9 Å². The van der Waals surface area contributed by atoms with Gasteiger partial charge in [0.25, 0.3) is 11.5 Å². The maximum Gasteiger partial charge on any atom is 0.281 e. The monoisotopic (exact) mass is 594 g/mol. The number of carbonyl (C=O) groups excluding carboxylic acids is 1. The number of hydrogen-bond acceptors (Lipinski definition) is 7. The van der Waals surface area contributed by atoms with E-state index in [1.165, 1.54) is 41.0 Å². The number of phenolic OH excluding ortho intramolecular Hbond substituents is 1.